The molecule has 1 unspecified atom stereocenters. The summed E-state index contributed by atoms with van der Waals surface area (Å²) in [6, 6.07) is -1.75. The van der Waals surface area contributed by atoms with E-state index < -0.39 is 23.9 Å². The van der Waals surface area contributed by atoms with Gasteiger partial charge in [-0.1, -0.05) is 0 Å². The maximum atomic E-state index is 11.9. The second-order valence-corrected chi connectivity index (χ2v) is 4.02. The van der Waals surface area contributed by atoms with E-state index in [9.17, 15) is 14.4 Å². The summed E-state index contributed by atoms with van der Waals surface area (Å²) < 4.78 is 0. The first-order valence-corrected chi connectivity index (χ1v) is 6.09. The van der Waals surface area contributed by atoms with Crippen molar-refractivity contribution in [3.63, 3.8) is 0 Å². The Morgan fingerprint density at radius 2 is 1.89 bits per heavy atom. The second-order valence-electron chi connectivity index (χ2n) is 4.02. The van der Waals surface area contributed by atoms with Gasteiger partial charge in [0.1, 0.15) is 11.8 Å². The van der Waals surface area contributed by atoms with Gasteiger partial charge in [0.05, 0.1) is 13.8 Å². The average molecular weight is 268 g/mol. The Kier molecular flexibility index (Phi) is 8.93. The molecule has 5 N–H and O–H groups in total. The highest BCUT2D eigenvalue weighted by Gasteiger charge is 2.31. The summed E-state index contributed by atoms with van der Waals surface area (Å²) in [5.41, 5.74) is 1.51. The average Bonchev–Trinajstić information content (AvgIpc) is 2.37. The molecule has 0 rings (SSSR count). The van der Waals surface area contributed by atoms with Gasteiger partial charge in [-0.2, -0.15) is 0 Å². The zero-order valence-electron chi connectivity index (χ0n) is 11.4. The van der Waals surface area contributed by atoms with Crippen LogP contribution >= 0.6 is 0 Å². The van der Waals surface area contributed by atoms with Gasteiger partial charge < -0.3 is 15.8 Å². The van der Waals surface area contributed by atoms with E-state index in [0.29, 0.717) is 7.31 Å². The van der Waals surface area contributed by atoms with Crippen molar-refractivity contribution >= 4 is 40.6 Å². The molecule has 104 valence electrons. The number of rotatable bonds is 9. The van der Waals surface area contributed by atoms with Gasteiger partial charge in [-0.05, 0) is 6.92 Å². The summed E-state index contributed by atoms with van der Waals surface area (Å²) in [7, 11) is 3.77. The third-order valence-corrected chi connectivity index (χ3v) is 2.52. The van der Waals surface area contributed by atoms with E-state index in [4.69, 9.17) is 5.21 Å². The number of carbonyl (C=O) groups is 3. The third kappa shape index (κ3) is 6.41. The Morgan fingerprint density at radius 3 is 2.32 bits per heavy atom. The summed E-state index contributed by atoms with van der Waals surface area (Å²) in [6.45, 7) is 1.65. The van der Waals surface area contributed by atoms with E-state index in [1.165, 1.54) is 20.4 Å². The maximum Gasteiger partial charge on any atom is 0.261 e. The van der Waals surface area contributed by atoms with Crippen LogP contribution in [0, 0.1) is 0 Å². The first-order valence-electron chi connectivity index (χ1n) is 6.09. The second kappa shape index (κ2) is 9.59. The zero-order valence-corrected chi connectivity index (χ0v) is 11.4. The zero-order chi connectivity index (χ0) is 14.8. The van der Waals surface area contributed by atoms with Gasteiger partial charge >= 0.3 is 0 Å². The lowest BCUT2D eigenvalue weighted by Crippen LogP contribution is -2.61. The highest BCUT2D eigenvalue weighted by atomic mass is 16.5. The normalized spacial score (nSPS) is 13.2. The highest BCUT2D eigenvalue weighted by Crippen LogP contribution is 1.95. The lowest BCUT2D eigenvalue weighted by atomic mass is 9.66. The number of nitrogens with one attached hydrogen (secondary N) is 4. The molecule has 0 fully saturated rings. The minimum Gasteiger partial charge on any atom is -0.354 e. The maximum absolute atomic E-state index is 11.9. The molecule has 2 atom stereocenters. The van der Waals surface area contributed by atoms with Crippen molar-refractivity contribution in [3.05, 3.63) is 0 Å². The standard InChI is InChI=1S/C8H19B3N4O4/c1-4(16)2-3-12-7(17)6(14-11-9)5(13-10)8(18)15-19/h5-6,11,13-14,19H,2-3,9-10H2,1H3,(H,12,17)(H,15,18)/t5?,6-/m0/s1. The number of hydrogen-bond acceptors (Lipinski definition) is 6. The summed E-state index contributed by atoms with van der Waals surface area (Å²) in [4.78, 5) is 34.2. The number of carbonyl (C=O) groups excluding carboxylic acids is 3. The molecule has 0 saturated heterocycles. The van der Waals surface area contributed by atoms with Crippen LogP contribution in [0.3, 0.4) is 0 Å². The van der Waals surface area contributed by atoms with Crippen molar-refractivity contribution in [2.75, 3.05) is 6.54 Å². The molecule has 19 heavy (non-hydrogen) atoms. The Balaban J connectivity index is 4.63. The predicted octanol–water partition coefficient (Wildman–Crippen LogP) is -5.05. The molecule has 11 heteroatoms. The number of hydroxylamine groups is 1. The van der Waals surface area contributed by atoms with Crippen molar-refractivity contribution in [1.82, 2.24) is 21.3 Å². The molecule has 0 radical (unpaired) electrons. The summed E-state index contributed by atoms with van der Waals surface area (Å²) in [5, 5.41) is 16.7. The van der Waals surface area contributed by atoms with E-state index in [1.54, 1.807) is 7.74 Å². The molecule has 2 amide bonds. The molecular formula is C8H19B3N4O4. The van der Waals surface area contributed by atoms with E-state index in [2.05, 4.69) is 15.8 Å². The van der Waals surface area contributed by atoms with Gasteiger partial charge in [0.2, 0.25) is 5.91 Å². The molecular weight excluding hydrogens is 249 g/mol. The molecule has 0 aliphatic carbocycles. The summed E-state index contributed by atoms with van der Waals surface area (Å²) in [5.74, 6) is -1.15. The lowest BCUT2D eigenvalue weighted by Gasteiger charge is -2.25. The molecule has 0 aromatic rings. The molecule has 8 nitrogen and oxygen atoms in total. The van der Waals surface area contributed by atoms with Crippen LogP contribution in [0.15, 0.2) is 0 Å². The number of ketones is 1. The Labute approximate surface area is 114 Å². The van der Waals surface area contributed by atoms with Crippen molar-refractivity contribution in [3.8, 4) is 0 Å². The molecule has 0 aromatic carbocycles. The van der Waals surface area contributed by atoms with Gasteiger partial charge in [0, 0.05) is 13.0 Å². The van der Waals surface area contributed by atoms with E-state index >= 15 is 0 Å². The molecule has 0 aromatic heterocycles. The quantitative estimate of drug-likeness (QED) is 0.162. The predicted molar refractivity (Wildman–Crippen MR) is 76.3 cm³/mol. The van der Waals surface area contributed by atoms with Crippen molar-refractivity contribution in [2.45, 2.75) is 25.4 Å². The first kappa shape index (κ1) is 17.7. The SMILES string of the molecule is BBN[C@H](C(=O)NCCC(C)=O)C(NB)C(=O)NO. The Bertz CT molecular complexity index is 331. The molecule has 0 spiro atoms. The van der Waals surface area contributed by atoms with Crippen molar-refractivity contribution < 1.29 is 19.6 Å². The lowest BCUT2D eigenvalue weighted by molar-refractivity contribution is -0.135. The van der Waals surface area contributed by atoms with Gasteiger partial charge in [0.25, 0.3) is 5.91 Å². The fourth-order valence-electron chi connectivity index (χ4n) is 1.57. The van der Waals surface area contributed by atoms with Crippen LogP contribution in [0.5, 0.6) is 0 Å². The van der Waals surface area contributed by atoms with Gasteiger partial charge in [0.15, 0.2) is 15.3 Å². The number of hydrogen-bond donors (Lipinski definition) is 5. The van der Waals surface area contributed by atoms with Crippen LogP contribution in [-0.2, 0) is 14.4 Å². The first-order chi connectivity index (χ1) is 8.97. The third-order valence-electron chi connectivity index (χ3n) is 2.52. The van der Waals surface area contributed by atoms with Crippen LogP contribution in [0.4, 0.5) is 0 Å². The molecule has 0 aliphatic heterocycles. The van der Waals surface area contributed by atoms with E-state index in [1.807, 2.05) is 0 Å². The summed E-state index contributed by atoms with van der Waals surface area (Å²) in [6.07, 6.45) is 0.237. The molecule has 0 saturated carbocycles. The van der Waals surface area contributed by atoms with Crippen LogP contribution in [0.2, 0.25) is 0 Å². The molecule has 0 bridgehead atoms. The molecule has 0 aliphatic rings. The van der Waals surface area contributed by atoms with Crippen LogP contribution < -0.4 is 21.3 Å². The highest BCUT2D eigenvalue weighted by molar-refractivity contribution is 6.88. The van der Waals surface area contributed by atoms with Crippen molar-refractivity contribution in [2.24, 2.45) is 0 Å². The van der Waals surface area contributed by atoms with Crippen LogP contribution in [0.1, 0.15) is 13.3 Å². The molecule has 0 heterocycles. The minimum absolute atomic E-state index is 0.0291. The van der Waals surface area contributed by atoms with Crippen LogP contribution in [-0.4, -0.2) is 64.5 Å². The number of amides is 2. The van der Waals surface area contributed by atoms with Crippen molar-refractivity contribution in [1.29, 1.82) is 0 Å². The van der Waals surface area contributed by atoms with Crippen LogP contribution in [0.25, 0.3) is 0 Å². The minimum atomic E-state index is -0.915. The Hall–Kier alpha value is -1.32. The summed E-state index contributed by atoms with van der Waals surface area (Å²) >= 11 is 0. The smallest absolute Gasteiger partial charge is 0.261 e. The van der Waals surface area contributed by atoms with E-state index in [0.717, 1.165) is 0 Å². The Morgan fingerprint density at radius 1 is 1.26 bits per heavy atom. The largest absolute Gasteiger partial charge is 0.354 e. The fraction of sp³-hybridized carbons (Fsp3) is 0.625. The van der Waals surface area contributed by atoms with Gasteiger partial charge in [-0.15, -0.1) is 0 Å². The van der Waals surface area contributed by atoms with Gasteiger partial charge in [-0.3, -0.25) is 19.6 Å². The van der Waals surface area contributed by atoms with Gasteiger partial charge in [-0.25, -0.2) is 5.48 Å². The number of Topliss-reactive ketones (excluding diaryl/α,β-unsaturated/α-hetero) is 1. The fourth-order valence-corrected chi connectivity index (χ4v) is 1.57. The monoisotopic (exact) mass is 268 g/mol. The topological polar surface area (TPSA) is 120 Å². The van der Waals surface area contributed by atoms with E-state index in [-0.39, 0.29) is 18.7 Å².